The van der Waals surface area contributed by atoms with Gasteiger partial charge in [-0.2, -0.15) is 5.10 Å². The van der Waals surface area contributed by atoms with Gasteiger partial charge in [-0.25, -0.2) is 14.2 Å². The maximum Gasteiger partial charge on any atom is 0.341 e. The van der Waals surface area contributed by atoms with Crippen molar-refractivity contribution in [2.24, 2.45) is 10.8 Å². The largest absolute Gasteiger partial charge is 0.341 e. The Morgan fingerprint density at radius 3 is 2.60 bits per heavy atom. The van der Waals surface area contributed by atoms with Crippen molar-refractivity contribution in [3.8, 4) is 0 Å². The second kappa shape index (κ2) is 8.58. The maximum absolute atomic E-state index is 14.7. The zero-order valence-corrected chi connectivity index (χ0v) is 17.4. The third-order valence-corrected chi connectivity index (χ3v) is 5.94. The number of carbonyl (C=O) groups is 1. The average molecular weight is 427 g/mol. The van der Waals surface area contributed by atoms with Crippen LogP contribution in [0.5, 0.6) is 0 Å². The first kappa shape index (κ1) is 20.6. The highest BCUT2D eigenvalue weighted by atomic mass is 35.5. The Bertz CT molecular complexity index is 986. The van der Waals surface area contributed by atoms with Crippen molar-refractivity contribution in [3.63, 3.8) is 0 Å². The van der Waals surface area contributed by atoms with E-state index in [0.717, 1.165) is 5.56 Å². The number of rotatable bonds is 5. The molecular weight excluding hydrogens is 403 g/mol. The highest BCUT2D eigenvalue weighted by molar-refractivity contribution is 6.31. The predicted molar refractivity (Wildman–Crippen MR) is 117 cm³/mol. The lowest BCUT2D eigenvalue weighted by Crippen LogP contribution is -2.49. The van der Waals surface area contributed by atoms with E-state index in [-0.39, 0.29) is 6.03 Å². The molecule has 1 atom stereocenters. The number of carbonyl (C=O) groups excluding carboxylic acids is 1. The highest BCUT2D eigenvalue weighted by Crippen LogP contribution is 2.44. The Morgan fingerprint density at radius 1 is 1.17 bits per heavy atom. The van der Waals surface area contributed by atoms with Crippen LogP contribution in [0.3, 0.4) is 0 Å². The Balaban J connectivity index is 1.82. The van der Waals surface area contributed by atoms with Crippen LogP contribution in [-0.4, -0.2) is 41.3 Å². The second-order valence-corrected chi connectivity index (χ2v) is 8.04. The molecule has 0 fully saturated rings. The highest BCUT2D eigenvalue weighted by Gasteiger charge is 2.48. The first-order chi connectivity index (χ1) is 14.5. The maximum atomic E-state index is 14.7. The molecular formula is C23H24ClFN4O. The summed E-state index contributed by atoms with van der Waals surface area (Å²) < 4.78 is 14.7. The normalized spacial score (nSPS) is 20.7. The molecule has 4 rings (SSSR count). The van der Waals surface area contributed by atoms with Gasteiger partial charge in [0, 0.05) is 30.1 Å². The van der Waals surface area contributed by atoms with Gasteiger partial charge in [0.05, 0.1) is 11.3 Å². The van der Waals surface area contributed by atoms with Crippen LogP contribution in [-0.2, 0) is 5.54 Å². The number of nitrogens with zero attached hydrogens (tertiary/aromatic N) is 3. The van der Waals surface area contributed by atoms with Crippen LogP contribution in [0.4, 0.5) is 9.18 Å². The van der Waals surface area contributed by atoms with E-state index < -0.39 is 11.4 Å². The van der Waals surface area contributed by atoms with Crippen molar-refractivity contribution in [2.75, 3.05) is 19.6 Å². The first-order valence-corrected chi connectivity index (χ1v) is 10.5. The fourth-order valence-electron chi connectivity index (χ4n) is 4.17. The van der Waals surface area contributed by atoms with Crippen molar-refractivity contribution < 1.29 is 9.18 Å². The minimum absolute atomic E-state index is 0.196. The van der Waals surface area contributed by atoms with E-state index >= 15 is 0 Å². The summed E-state index contributed by atoms with van der Waals surface area (Å²) in [6, 6.07) is 14.0. The number of halogens is 2. The smallest absolute Gasteiger partial charge is 0.330 e. The van der Waals surface area contributed by atoms with Gasteiger partial charge in [0.25, 0.3) is 0 Å². The quantitative estimate of drug-likeness (QED) is 0.715. The summed E-state index contributed by atoms with van der Waals surface area (Å²) in [6.45, 7) is 1.56. The summed E-state index contributed by atoms with van der Waals surface area (Å²) in [4.78, 5) is 15.2. The topological polar surface area (TPSA) is 61.9 Å². The lowest BCUT2D eigenvalue weighted by atomic mass is 9.80. The molecule has 2 aromatic carbocycles. The predicted octanol–water partition coefficient (Wildman–Crippen LogP) is 4.52. The standard InChI is InChI=1S/C23H24ClFN4O/c24-18-9-10-20(25)19(15-18)21-16-23(11-6-12-26,17-7-2-1-3-8-17)29(27-21)22(30)28-13-4-5-14-28/h1-5,7-10,15H,6,11-14,16,26H2. The van der Waals surface area contributed by atoms with Gasteiger partial charge < -0.3 is 10.6 Å². The molecule has 0 aromatic heterocycles. The van der Waals surface area contributed by atoms with Gasteiger partial charge in [0.15, 0.2) is 0 Å². The molecule has 1 unspecified atom stereocenters. The van der Waals surface area contributed by atoms with Gasteiger partial charge in [-0.1, -0.05) is 54.1 Å². The van der Waals surface area contributed by atoms with Crippen LogP contribution in [0.1, 0.15) is 30.4 Å². The summed E-state index contributed by atoms with van der Waals surface area (Å²) in [5, 5.41) is 6.65. The average Bonchev–Trinajstić information content (AvgIpc) is 3.43. The van der Waals surface area contributed by atoms with E-state index in [9.17, 15) is 9.18 Å². The fraction of sp³-hybridized carbons (Fsp3) is 0.304. The molecule has 0 aliphatic carbocycles. The Hall–Kier alpha value is -2.70. The third kappa shape index (κ3) is 3.73. The minimum atomic E-state index is -0.732. The molecule has 0 spiro atoms. The van der Waals surface area contributed by atoms with Crippen molar-refractivity contribution in [1.29, 1.82) is 0 Å². The molecule has 5 nitrogen and oxygen atoms in total. The lowest BCUT2D eigenvalue weighted by Gasteiger charge is -2.38. The Labute approximate surface area is 180 Å². The molecule has 0 saturated carbocycles. The van der Waals surface area contributed by atoms with Crippen LogP contribution in [0.15, 0.2) is 65.8 Å². The number of nitrogens with two attached hydrogens (primary N) is 1. The monoisotopic (exact) mass is 426 g/mol. The van der Waals surface area contributed by atoms with Crippen LogP contribution in [0, 0.1) is 5.82 Å². The molecule has 30 heavy (non-hydrogen) atoms. The summed E-state index contributed by atoms with van der Waals surface area (Å²) in [7, 11) is 0. The van der Waals surface area contributed by atoms with Gasteiger partial charge in [0.2, 0.25) is 0 Å². The molecule has 0 bridgehead atoms. The summed E-state index contributed by atoms with van der Waals surface area (Å²) in [5.74, 6) is -0.406. The number of amides is 2. The van der Waals surface area contributed by atoms with Gasteiger partial charge in [-0.3, -0.25) is 0 Å². The molecule has 2 amide bonds. The van der Waals surface area contributed by atoms with Crippen LogP contribution < -0.4 is 5.73 Å². The summed E-state index contributed by atoms with van der Waals surface area (Å²) in [6.07, 6.45) is 5.63. The number of urea groups is 1. The second-order valence-electron chi connectivity index (χ2n) is 7.61. The van der Waals surface area contributed by atoms with Crippen molar-refractivity contribution in [3.05, 3.63) is 82.6 Å². The Morgan fingerprint density at radius 2 is 1.90 bits per heavy atom. The number of hydrogen-bond donors (Lipinski definition) is 1. The molecule has 2 N–H and O–H groups in total. The summed E-state index contributed by atoms with van der Waals surface area (Å²) in [5.41, 5.74) is 6.90. The van der Waals surface area contributed by atoms with Crippen LogP contribution in [0.25, 0.3) is 0 Å². The third-order valence-electron chi connectivity index (χ3n) is 5.70. The summed E-state index contributed by atoms with van der Waals surface area (Å²) >= 11 is 6.13. The van der Waals surface area contributed by atoms with Gasteiger partial charge in [-0.05, 0) is 43.1 Å². The first-order valence-electron chi connectivity index (χ1n) is 10.1. The number of hydrazone groups is 1. The van der Waals surface area contributed by atoms with E-state index in [1.165, 1.54) is 12.1 Å². The number of hydrogen-bond acceptors (Lipinski definition) is 3. The van der Waals surface area contributed by atoms with Gasteiger partial charge >= 0.3 is 6.03 Å². The molecule has 2 heterocycles. The van der Waals surface area contributed by atoms with E-state index in [4.69, 9.17) is 17.3 Å². The molecule has 0 saturated heterocycles. The number of benzene rings is 2. The molecule has 2 aromatic rings. The van der Waals surface area contributed by atoms with Crippen molar-refractivity contribution in [2.45, 2.75) is 24.8 Å². The van der Waals surface area contributed by atoms with Crippen LogP contribution >= 0.6 is 11.6 Å². The van der Waals surface area contributed by atoms with Gasteiger partial charge in [-0.15, -0.1) is 0 Å². The van der Waals surface area contributed by atoms with E-state index in [1.54, 1.807) is 16.0 Å². The van der Waals surface area contributed by atoms with E-state index in [0.29, 0.717) is 55.2 Å². The lowest BCUT2D eigenvalue weighted by molar-refractivity contribution is 0.0988. The van der Waals surface area contributed by atoms with Gasteiger partial charge in [0.1, 0.15) is 5.82 Å². The van der Waals surface area contributed by atoms with E-state index in [1.807, 2.05) is 42.5 Å². The minimum Gasteiger partial charge on any atom is -0.330 e. The Kier molecular flexibility index (Phi) is 5.88. The van der Waals surface area contributed by atoms with Crippen LogP contribution in [0.2, 0.25) is 5.02 Å². The zero-order chi connectivity index (χ0) is 21.1. The molecule has 7 heteroatoms. The van der Waals surface area contributed by atoms with E-state index in [2.05, 4.69) is 5.10 Å². The molecule has 2 aliphatic heterocycles. The molecule has 0 radical (unpaired) electrons. The van der Waals surface area contributed by atoms with Crippen molar-refractivity contribution in [1.82, 2.24) is 9.91 Å². The van der Waals surface area contributed by atoms with Crippen molar-refractivity contribution >= 4 is 23.3 Å². The molecule has 2 aliphatic rings. The molecule has 156 valence electrons. The zero-order valence-electron chi connectivity index (χ0n) is 16.6. The fourth-order valence-corrected chi connectivity index (χ4v) is 4.34. The SMILES string of the molecule is NCCCC1(c2ccccc2)CC(c2cc(Cl)ccc2F)=NN1C(=O)N1CC=CC1.